The molecule has 0 atom stereocenters. The first-order valence-corrected chi connectivity index (χ1v) is 4.36. The SMILES string of the molecule is COc1cc(C(=O)Cl)c(C(F)F)nc1C#N. The zero-order valence-electron chi connectivity index (χ0n) is 8.00. The first-order chi connectivity index (χ1) is 7.51. The summed E-state index contributed by atoms with van der Waals surface area (Å²) in [5, 5.41) is 7.55. The Kier molecular flexibility index (Phi) is 3.74. The number of nitrogens with zero attached hydrogens (tertiary/aromatic N) is 2. The highest BCUT2D eigenvalue weighted by Crippen LogP contribution is 2.27. The van der Waals surface area contributed by atoms with E-state index in [9.17, 15) is 13.6 Å². The van der Waals surface area contributed by atoms with E-state index in [1.807, 2.05) is 0 Å². The Bertz CT molecular complexity index is 471. The van der Waals surface area contributed by atoms with Gasteiger partial charge in [0.1, 0.15) is 11.8 Å². The Morgan fingerprint density at radius 3 is 2.69 bits per heavy atom. The average molecular weight is 247 g/mol. The first-order valence-electron chi connectivity index (χ1n) is 3.98. The molecule has 1 heterocycles. The lowest BCUT2D eigenvalue weighted by Gasteiger charge is -2.08. The van der Waals surface area contributed by atoms with Crippen LogP contribution in [0.4, 0.5) is 8.78 Å². The van der Waals surface area contributed by atoms with Gasteiger partial charge >= 0.3 is 0 Å². The molecule has 1 aromatic rings. The molecular weight excluding hydrogens is 242 g/mol. The van der Waals surface area contributed by atoms with Crippen LogP contribution < -0.4 is 4.74 Å². The molecule has 0 radical (unpaired) electrons. The van der Waals surface area contributed by atoms with Gasteiger partial charge in [-0.2, -0.15) is 5.26 Å². The van der Waals surface area contributed by atoms with Crippen LogP contribution in [0.2, 0.25) is 0 Å². The number of hydrogen-bond acceptors (Lipinski definition) is 4. The fraction of sp³-hybridized carbons (Fsp3) is 0.222. The minimum absolute atomic E-state index is 0.0732. The number of carbonyl (C=O) groups excluding carboxylic acids is 1. The number of methoxy groups -OCH3 is 1. The summed E-state index contributed by atoms with van der Waals surface area (Å²) >= 11 is 5.13. The minimum Gasteiger partial charge on any atom is -0.494 e. The third-order valence-corrected chi connectivity index (χ3v) is 1.96. The fourth-order valence-corrected chi connectivity index (χ4v) is 1.22. The number of rotatable bonds is 3. The highest BCUT2D eigenvalue weighted by Gasteiger charge is 2.22. The molecule has 0 unspecified atom stereocenters. The van der Waals surface area contributed by atoms with E-state index in [4.69, 9.17) is 21.6 Å². The molecule has 0 aliphatic carbocycles. The van der Waals surface area contributed by atoms with Gasteiger partial charge in [0.25, 0.3) is 11.7 Å². The third-order valence-electron chi connectivity index (χ3n) is 1.76. The summed E-state index contributed by atoms with van der Waals surface area (Å²) in [7, 11) is 1.22. The molecule has 16 heavy (non-hydrogen) atoms. The van der Waals surface area contributed by atoms with Gasteiger partial charge in [-0.15, -0.1) is 0 Å². The van der Waals surface area contributed by atoms with Gasteiger partial charge in [0, 0.05) is 0 Å². The van der Waals surface area contributed by atoms with Crippen molar-refractivity contribution in [2.24, 2.45) is 0 Å². The summed E-state index contributed by atoms with van der Waals surface area (Å²) in [4.78, 5) is 14.2. The summed E-state index contributed by atoms with van der Waals surface area (Å²) in [5.41, 5.74) is -1.61. The number of hydrogen-bond donors (Lipinski definition) is 0. The molecule has 4 nitrogen and oxygen atoms in total. The summed E-state index contributed by atoms with van der Waals surface area (Å²) in [6.07, 6.45) is -2.99. The van der Waals surface area contributed by atoms with Crippen LogP contribution >= 0.6 is 11.6 Å². The van der Waals surface area contributed by atoms with Crippen LogP contribution in [0.3, 0.4) is 0 Å². The number of nitriles is 1. The van der Waals surface area contributed by atoms with E-state index in [1.54, 1.807) is 6.07 Å². The van der Waals surface area contributed by atoms with Crippen molar-refractivity contribution in [3.63, 3.8) is 0 Å². The number of ether oxygens (including phenoxy) is 1. The van der Waals surface area contributed by atoms with Gasteiger partial charge in [-0.25, -0.2) is 13.8 Å². The highest BCUT2D eigenvalue weighted by atomic mass is 35.5. The van der Waals surface area contributed by atoms with Gasteiger partial charge in [-0.1, -0.05) is 0 Å². The van der Waals surface area contributed by atoms with Gasteiger partial charge in [0.2, 0.25) is 0 Å². The monoisotopic (exact) mass is 246 g/mol. The van der Waals surface area contributed by atoms with E-state index in [-0.39, 0.29) is 11.4 Å². The molecular formula is C9H5ClF2N2O2. The van der Waals surface area contributed by atoms with Gasteiger partial charge in [0.05, 0.1) is 12.7 Å². The van der Waals surface area contributed by atoms with Crippen LogP contribution in [0.5, 0.6) is 5.75 Å². The van der Waals surface area contributed by atoms with E-state index >= 15 is 0 Å². The Labute approximate surface area is 94.4 Å². The molecule has 0 saturated carbocycles. The van der Waals surface area contributed by atoms with Crippen LogP contribution in [0, 0.1) is 11.3 Å². The third kappa shape index (κ3) is 2.25. The summed E-state index contributed by atoms with van der Waals surface area (Å²) in [5.74, 6) is -0.0732. The maximum Gasteiger partial charge on any atom is 0.281 e. The Balaban J connectivity index is 3.49. The molecule has 7 heteroatoms. The zero-order valence-corrected chi connectivity index (χ0v) is 8.76. The molecule has 0 saturated heterocycles. The number of carbonyl (C=O) groups is 1. The van der Waals surface area contributed by atoms with E-state index in [0.717, 1.165) is 6.07 Å². The molecule has 0 aromatic carbocycles. The van der Waals surface area contributed by atoms with E-state index in [0.29, 0.717) is 0 Å². The normalized spacial score (nSPS) is 10.0. The van der Waals surface area contributed by atoms with Crippen molar-refractivity contribution in [2.45, 2.75) is 6.43 Å². The quantitative estimate of drug-likeness (QED) is 0.768. The van der Waals surface area contributed by atoms with Crippen LogP contribution in [-0.4, -0.2) is 17.3 Å². The molecule has 0 spiro atoms. The smallest absolute Gasteiger partial charge is 0.281 e. The van der Waals surface area contributed by atoms with Crippen LogP contribution in [0.25, 0.3) is 0 Å². The number of halogens is 3. The van der Waals surface area contributed by atoms with Gasteiger partial charge < -0.3 is 4.74 Å². The van der Waals surface area contributed by atoms with Crippen molar-refractivity contribution in [2.75, 3.05) is 7.11 Å². The van der Waals surface area contributed by atoms with Crippen molar-refractivity contribution in [1.29, 1.82) is 5.26 Å². The van der Waals surface area contributed by atoms with E-state index < -0.39 is 22.9 Å². The predicted molar refractivity (Wildman–Crippen MR) is 50.6 cm³/mol. The van der Waals surface area contributed by atoms with Crippen LogP contribution in [0.15, 0.2) is 6.07 Å². The molecule has 0 bridgehead atoms. The zero-order chi connectivity index (χ0) is 12.3. The Morgan fingerprint density at radius 1 is 1.69 bits per heavy atom. The maximum absolute atomic E-state index is 12.5. The second-order valence-electron chi connectivity index (χ2n) is 2.66. The molecule has 0 amide bonds. The number of alkyl halides is 2. The van der Waals surface area contributed by atoms with E-state index in [1.165, 1.54) is 7.11 Å². The summed E-state index contributed by atoms with van der Waals surface area (Å²) in [6.45, 7) is 0. The second-order valence-corrected chi connectivity index (χ2v) is 3.00. The van der Waals surface area contributed by atoms with Gasteiger partial charge in [0.15, 0.2) is 11.4 Å². The number of pyridine rings is 1. The standard InChI is InChI=1S/C9H5ClF2N2O2/c1-16-6-2-4(8(10)15)7(9(11)12)14-5(6)3-13/h2,9H,1H3. The second kappa shape index (κ2) is 4.86. The summed E-state index contributed by atoms with van der Waals surface area (Å²) in [6, 6.07) is 2.56. The summed E-state index contributed by atoms with van der Waals surface area (Å²) < 4.78 is 29.8. The molecule has 0 aliphatic heterocycles. The average Bonchev–Trinajstić information content (AvgIpc) is 2.26. The van der Waals surface area contributed by atoms with Crippen molar-refractivity contribution in [3.8, 4) is 11.8 Å². The lowest BCUT2D eigenvalue weighted by atomic mass is 10.2. The van der Waals surface area contributed by atoms with Crippen molar-refractivity contribution in [1.82, 2.24) is 4.98 Å². The molecule has 84 valence electrons. The molecule has 1 aromatic heterocycles. The number of aromatic nitrogens is 1. The largest absolute Gasteiger partial charge is 0.494 e. The van der Waals surface area contributed by atoms with Crippen LogP contribution in [-0.2, 0) is 0 Å². The Hall–Kier alpha value is -1.74. The van der Waals surface area contributed by atoms with E-state index in [2.05, 4.69) is 4.98 Å². The minimum atomic E-state index is -2.99. The lowest BCUT2D eigenvalue weighted by Crippen LogP contribution is -2.05. The van der Waals surface area contributed by atoms with Crippen molar-refractivity contribution in [3.05, 3.63) is 23.0 Å². The molecule has 1 rings (SSSR count). The lowest BCUT2D eigenvalue weighted by molar-refractivity contribution is 0.106. The predicted octanol–water partition coefficient (Wildman–Crippen LogP) is 2.28. The first kappa shape index (κ1) is 12.3. The molecule has 0 aliphatic rings. The maximum atomic E-state index is 12.5. The van der Waals surface area contributed by atoms with Crippen LogP contribution in [0.1, 0.15) is 28.2 Å². The van der Waals surface area contributed by atoms with Crippen molar-refractivity contribution < 1.29 is 18.3 Å². The van der Waals surface area contributed by atoms with Crippen molar-refractivity contribution >= 4 is 16.8 Å². The van der Waals surface area contributed by atoms with Gasteiger partial charge in [-0.3, -0.25) is 4.79 Å². The highest BCUT2D eigenvalue weighted by molar-refractivity contribution is 6.67. The van der Waals surface area contributed by atoms with Gasteiger partial charge in [-0.05, 0) is 17.7 Å². The topological polar surface area (TPSA) is 63.0 Å². The fourth-order valence-electron chi connectivity index (χ4n) is 1.07. The molecule has 0 fully saturated rings. The Morgan fingerprint density at radius 2 is 2.31 bits per heavy atom. The molecule has 0 N–H and O–H groups in total.